The summed E-state index contributed by atoms with van der Waals surface area (Å²) in [5.74, 6) is 0. The van der Waals surface area contributed by atoms with Gasteiger partial charge >= 0.3 is 0 Å². The molecule has 0 nitrogen and oxygen atoms in total. The third-order valence-corrected chi connectivity index (χ3v) is 6.62. The molecule has 0 N–H and O–H groups in total. The van der Waals surface area contributed by atoms with Crippen molar-refractivity contribution in [2.45, 2.75) is 62.9 Å². The Kier molecular flexibility index (Phi) is 7.54. The molecule has 0 saturated heterocycles. The molecule has 0 aliphatic carbocycles. The summed E-state index contributed by atoms with van der Waals surface area (Å²) < 4.78 is 2.25. The lowest BCUT2D eigenvalue weighted by Crippen LogP contribution is -2.08. The van der Waals surface area contributed by atoms with E-state index in [2.05, 4.69) is 27.7 Å². The van der Waals surface area contributed by atoms with E-state index in [1.165, 1.54) is 25.7 Å². The molecule has 0 saturated carbocycles. The van der Waals surface area contributed by atoms with Crippen LogP contribution in [0.4, 0.5) is 0 Å². The van der Waals surface area contributed by atoms with E-state index < -0.39 is 0 Å². The number of rotatable bonds is 6. The molecule has 0 rings (SSSR count). The first-order valence-electron chi connectivity index (χ1n) is 5.28. The third kappa shape index (κ3) is 4.88. The van der Waals surface area contributed by atoms with E-state index in [0.29, 0.717) is 0 Å². The maximum absolute atomic E-state index is 2.35. The summed E-state index contributed by atoms with van der Waals surface area (Å²) in [6.07, 6.45) is 5.72. The van der Waals surface area contributed by atoms with E-state index in [0.717, 1.165) is 9.56 Å². The molecule has 0 aliphatic rings. The maximum atomic E-state index is 2.35. The standard InChI is InChI=1S/2C5H11.Al.H/c2*1-3-5-4-2;;/h2*5H,3-4H2,1-2H3;;. The first-order valence-corrected chi connectivity index (χ1v) is 6.91. The molecule has 0 atom stereocenters. The fraction of sp³-hybridized carbons (Fsp3) is 1.00. The molecule has 0 spiro atoms. The Hall–Kier alpha value is 0.532. The van der Waals surface area contributed by atoms with E-state index in [1.54, 1.807) is 0 Å². The van der Waals surface area contributed by atoms with Crippen molar-refractivity contribution < 1.29 is 0 Å². The summed E-state index contributed by atoms with van der Waals surface area (Å²) in [7, 11) is 0. The van der Waals surface area contributed by atoms with Crippen LogP contribution in [0, 0.1) is 0 Å². The maximum Gasteiger partial charge on any atom is 0.244 e. The van der Waals surface area contributed by atoms with Crippen LogP contribution in [0.15, 0.2) is 0 Å². The van der Waals surface area contributed by atoms with Gasteiger partial charge in [0.05, 0.1) is 0 Å². The van der Waals surface area contributed by atoms with Gasteiger partial charge < -0.3 is 0 Å². The topological polar surface area (TPSA) is 0 Å². The Morgan fingerprint density at radius 1 is 0.727 bits per heavy atom. The lowest BCUT2D eigenvalue weighted by atomic mass is 10.2. The van der Waals surface area contributed by atoms with Crippen molar-refractivity contribution in [1.29, 1.82) is 0 Å². The Labute approximate surface area is 78.5 Å². The fourth-order valence-corrected chi connectivity index (χ4v) is 3.99. The zero-order valence-electron chi connectivity index (χ0n) is 8.69. The van der Waals surface area contributed by atoms with E-state index in [1.807, 2.05) is 0 Å². The minimum Gasteiger partial charge on any atom is -0.0862 e. The lowest BCUT2D eigenvalue weighted by molar-refractivity contribution is 0.699. The smallest absolute Gasteiger partial charge is 0.0862 e. The van der Waals surface area contributed by atoms with Crippen molar-refractivity contribution in [3.8, 4) is 0 Å². The van der Waals surface area contributed by atoms with Gasteiger partial charge in [-0.05, 0) is 0 Å². The zero-order chi connectivity index (χ0) is 8.69. The molecule has 66 valence electrons. The normalized spacial score (nSPS) is 11.1. The van der Waals surface area contributed by atoms with Crippen molar-refractivity contribution in [2.75, 3.05) is 0 Å². The molecule has 1 heteroatoms. The van der Waals surface area contributed by atoms with E-state index >= 15 is 0 Å². The van der Waals surface area contributed by atoms with Crippen molar-refractivity contribution in [2.24, 2.45) is 0 Å². The third-order valence-electron chi connectivity index (χ3n) is 2.98. The molecule has 0 fully saturated rings. The molecular formula is C10H23Al. The molecule has 0 aromatic heterocycles. The summed E-state index contributed by atoms with van der Waals surface area (Å²) in [6.45, 7) is 9.40. The van der Waals surface area contributed by atoms with Gasteiger partial charge in [-0.15, -0.1) is 0 Å². The summed E-state index contributed by atoms with van der Waals surface area (Å²) >= 11 is 0.239. The van der Waals surface area contributed by atoms with Crippen LogP contribution in [0.3, 0.4) is 0 Å². The van der Waals surface area contributed by atoms with Crippen molar-refractivity contribution >= 4 is 15.2 Å². The van der Waals surface area contributed by atoms with Crippen molar-refractivity contribution in [3.05, 3.63) is 0 Å². The largest absolute Gasteiger partial charge is 0.244 e. The van der Waals surface area contributed by atoms with Crippen LogP contribution in [0.5, 0.6) is 0 Å². The average Bonchev–Trinajstić information content (AvgIpc) is 2.07. The average molecular weight is 170 g/mol. The summed E-state index contributed by atoms with van der Waals surface area (Å²) in [5, 5.41) is 0. The van der Waals surface area contributed by atoms with Crippen LogP contribution in [-0.4, -0.2) is 15.2 Å². The number of hydrogen-bond donors (Lipinski definition) is 0. The van der Waals surface area contributed by atoms with Crippen LogP contribution in [-0.2, 0) is 0 Å². The van der Waals surface area contributed by atoms with Crippen LogP contribution in [0.2, 0.25) is 9.56 Å². The molecule has 0 aliphatic heterocycles. The highest BCUT2D eigenvalue weighted by atomic mass is 27.1. The second-order valence-corrected chi connectivity index (χ2v) is 6.38. The Morgan fingerprint density at radius 2 is 1.00 bits per heavy atom. The van der Waals surface area contributed by atoms with Gasteiger partial charge in [0.1, 0.15) is 0 Å². The molecule has 0 radical (unpaired) electrons. The quantitative estimate of drug-likeness (QED) is 0.534. The van der Waals surface area contributed by atoms with Gasteiger partial charge in [0, 0.05) is 0 Å². The minimum absolute atomic E-state index is 0.239. The first-order chi connectivity index (χ1) is 5.28. The fourth-order valence-electron chi connectivity index (χ4n) is 1.72. The summed E-state index contributed by atoms with van der Waals surface area (Å²) in [6, 6.07) is 0. The summed E-state index contributed by atoms with van der Waals surface area (Å²) in [4.78, 5) is 0. The molecule has 0 amide bonds. The van der Waals surface area contributed by atoms with Gasteiger partial charge in [-0.25, -0.2) is 0 Å². The molecule has 0 aromatic rings. The van der Waals surface area contributed by atoms with Crippen molar-refractivity contribution in [3.63, 3.8) is 0 Å². The van der Waals surface area contributed by atoms with Gasteiger partial charge in [0.15, 0.2) is 0 Å². The predicted molar refractivity (Wildman–Crippen MR) is 55.8 cm³/mol. The van der Waals surface area contributed by atoms with Gasteiger partial charge in [-0.1, -0.05) is 62.9 Å². The highest BCUT2D eigenvalue weighted by molar-refractivity contribution is 6.39. The highest BCUT2D eigenvalue weighted by Gasteiger charge is 2.13. The zero-order valence-corrected chi connectivity index (χ0v) is 10.1. The van der Waals surface area contributed by atoms with Gasteiger partial charge in [-0.2, -0.15) is 0 Å². The molecule has 0 heterocycles. The van der Waals surface area contributed by atoms with E-state index in [4.69, 9.17) is 0 Å². The van der Waals surface area contributed by atoms with Crippen LogP contribution in [0.25, 0.3) is 0 Å². The summed E-state index contributed by atoms with van der Waals surface area (Å²) in [5.41, 5.74) is 0. The molecule has 0 unspecified atom stereocenters. The van der Waals surface area contributed by atoms with Crippen molar-refractivity contribution in [1.82, 2.24) is 0 Å². The van der Waals surface area contributed by atoms with Gasteiger partial charge in [0.2, 0.25) is 15.2 Å². The predicted octanol–water partition coefficient (Wildman–Crippen LogP) is 3.64. The lowest BCUT2D eigenvalue weighted by Gasteiger charge is -2.16. The number of hydrogen-bond acceptors (Lipinski definition) is 0. The van der Waals surface area contributed by atoms with Gasteiger partial charge in [0.25, 0.3) is 0 Å². The molecular weight excluding hydrogens is 147 g/mol. The Morgan fingerprint density at radius 3 is 1.18 bits per heavy atom. The second kappa shape index (κ2) is 7.20. The molecule has 11 heavy (non-hydrogen) atoms. The van der Waals surface area contributed by atoms with Crippen LogP contribution >= 0.6 is 0 Å². The van der Waals surface area contributed by atoms with E-state index in [9.17, 15) is 0 Å². The van der Waals surface area contributed by atoms with Crippen LogP contribution < -0.4 is 0 Å². The van der Waals surface area contributed by atoms with Crippen LogP contribution in [0.1, 0.15) is 53.4 Å². The van der Waals surface area contributed by atoms with Gasteiger partial charge in [-0.3, -0.25) is 0 Å². The highest BCUT2D eigenvalue weighted by Crippen LogP contribution is 2.23. The van der Waals surface area contributed by atoms with E-state index in [-0.39, 0.29) is 15.2 Å². The monoisotopic (exact) mass is 170 g/mol. The Bertz CT molecular complexity index is 62.9. The SMILES string of the molecule is CC[CH](CC)[AlH][CH](CC)CC. The Balaban J connectivity index is 3.58. The molecule has 0 bridgehead atoms. The molecule has 0 aromatic carbocycles. The minimum atomic E-state index is 0.239. The first kappa shape index (κ1) is 11.5. The second-order valence-electron chi connectivity index (χ2n) is 3.60.